The molecule has 0 amide bonds. The molecule has 0 aromatic rings. The molecule has 1 saturated heterocycles. The van der Waals surface area contributed by atoms with E-state index in [9.17, 15) is 5.11 Å². The van der Waals surface area contributed by atoms with Crippen molar-refractivity contribution in [2.24, 2.45) is 23.7 Å². The average molecular weight is 369 g/mol. The highest BCUT2D eigenvalue weighted by atomic mass is 28.4. The Kier molecular flexibility index (Phi) is 4.60. The number of aliphatic hydroxyl groups is 1. The van der Waals surface area contributed by atoms with E-state index < -0.39 is 13.9 Å². The van der Waals surface area contributed by atoms with Gasteiger partial charge in [0.2, 0.25) is 0 Å². The highest BCUT2D eigenvalue weighted by Gasteiger charge is 2.70. The summed E-state index contributed by atoms with van der Waals surface area (Å²) in [4.78, 5) is 0. The molecule has 3 rings (SSSR count). The molecule has 0 radical (unpaired) electrons. The van der Waals surface area contributed by atoms with Crippen LogP contribution in [0.4, 0.5) is 0 Å². The Hall–Kier alpha value is 0.0969. The van der Waals surface area contributed by atoms with E-state index in [1.54, 1.807) is 0 Å². The lowest BCUT2D eigenvalue weighted by atomic mass is 9.76. The third-order valence-corrected chi connectivity index (χ3v) is 12.8. The van der Waals surface area contributed by atoms with Gasteiger partial charge in [-0.15, -0.1) is 0 Å². The van der Waals surface area contributed by atoms with Crippen molar-refractivity contribution in [2.75, 3.05) is 0 Å². The molecular weight excluding hydrogens is 328 g/mol. The lowest BCUT2D eigenvalue weighted by molar-refractivity contribution is -0.115. The van der Waals surface area contributed by atoms with Gasteiger partial charge in [-0.25, -0.2) is 0 Å². The molecule has 3 fully saturated rings. The third-order valence-electron chi connectivity index (χ3n) is 8.30. The largest absolute Gasteiger partial charge is 0.411 e. The number of hydrogen-bond donors (Lipinski definition) is 1. The highest BCUT2D eigenvalue weighted by molar-refractivity contribution is 6.74. The van der Waals surface area contributed by atoms with Crippen LogP contribution in [0.3, 0.4) is 0 Å². The van der Waals surface area contributed by atoms with E-state index in [1.807, 2.05) is 0 Å². The smallest absolute Gasteiger partial charge is 0.192 e. The lowest BCUT2D eigenvalue weighted by Crippen LogP contribution is -2.55. The monoisotopic (exact) mass is 368 g/mol. The fourth-order valence-corrected chi connectivity index (χ4v) is 6.70. The molecule has 1 N–H and O–H groups in total. The average Bonchev–Trinajstić information content (AvgIpc) is 3.03. The summed E-state index contributed by atoms with van der Waals surface area (Å²) in [5.41, 5.74) is -0.849. The summed E-state index contributed by atoms with van der Waals surface area (Å²) < 4.78 is 13.3. The zero-order chi connectivity index (χ0) is 19.0. The number of ether oxygens (including phenoxy) is 1. The molecule has 2 saturated carbocycles. The quantitative estimate of drug-likeness (QED) is 0.564. The van der Waals surface area contributed by atoms with Crippen molar-refractivity contribution in [2.45, 2.75) is 109 Å². The molecule has 1 unspecified atom stereocenters. The second-order valence-electron chi connectivity index (χ2n) is 11.2. The van der Waals surface area contributed by atoms with Gasteiger partial charge in [0, 0.05) is 6.42 Å². The molecule has 146 valence electrons. The summed E-state index contributed by atoms with van der Waals surface area (Å²) >= 11 is 0. The first kappa shape index (κ1) is 19.8. The van der Waals surface area contributed by atoms with Crippen LogP contribution in [0.5, 0.6) is 0 Å². The fourth-order valence-electron chi connectivity index (χ4n) is 5.31. The van der Waals surface area contributed by atoms with Crippen molar-refractivity contribution in [3.8, 4) is 0 Å². The first-order valence-electron chi connectivity index (χ1n) is 10.3. The molecule has 7 atom stereocenters. The van der Waals surface area contributed by atoms with Gasteiger partial charge in [0.25, 0.3) is 0 Å². The minimum absolute atomic E-state index is 0.0883. The van der Waals surface area contributed by atoms with Gasteiger partial charge in [0.1, 0.15) is 0 Å². The standard InChI is InChI=1S/C21H40O3Si/c1-13(2)21-12-16(24-25(8,9)19(4,5)6)20(7,22)15-11-10-14(3)17(15)18(21)23-21/h13-18,22H,10-12H2,1-9H3/t14-,15-,16-,17-,18-,20?,21-/m1/s1. The summed E-state index contributed by atoms with van der Waals surface area (Å²) in [5.74, 6) is 1.87. The Morgan fingerprint density at radius 1 is 1.20 bits per heavy atom. The Morgan fingerprint density at radius 3 is 2.32 bits per heavy atom. The van der Waals surface area contributed by atoms with Gasteiger partial charge in [-0.3, -0.25) is 0 Å². The van der Waals surface area contributed by atoms with Crippen LogP contribution in [0.25, 0.3) is 0 Å². The highest BCUT2D eigenvalue weighted by Crippen LogP contribution is 2.63. The summed E-state index contributed by atoms with van der Waals surface area (Å²) in [5, 5.41) is 11.9. The molecule has 4 heteroatoms. The van der Waals surface area contributed by atoms with E-state index in [1.165, 1.54) is 6.42 Å². The SMILES string of the molecule is CC(C)[C@]12C[C@@H](O[Si](C)(C)C(C)(C)C)C(C)(O)[C@@H]3CC[C@@H](C)[C@H]3[C@H]1O2. The van der Waals surface area contributed by atoms with Gasteiger partial charge in [0.15, 0.2) is 8.32 Å². The molecule has 0 aromatic carbocycles. The summed E-state index contributed by atoms with van der Waals surface area (Å²) in [6.07, 6.45) is 3.33. The Labute approximate surface area is 156 Å². The summed E-state index contributed by atoms with van der Waals surface area (Å²) in [6, 6.07) is 0. The molecule has 1 heterocycles. The molecule has 0 spiro atoms. The zero-order valence-electron chi connectivity index (χ0n) is 17.8. The number of epoxide rings is 1. The van der Waals surface area contributed by atoms with Crippen molar-refractivity contribution in [1.29, 1.82) is 0 Å². The van der Waals surface area contributed by atoms with Gasteiger partial charge in [0.05, 0.1) is 23.4 Å². The predicted octanol–water partition coefficient (Wildman–Crippen LogP) is 4.99. The van der Waals surface area contributed by atoms with E-state index in [4.69, 9.17) is 9.16 Å². The van der Waals surface area contributed by atoms with E-state index in [-0.39, 0.29) is 16.7 Å². The Balaban J connectivity index is 1.97. The van der Waals surface area contributed by atoms with Gasteiger partial charge in [-0.1, -0.05) is 41.5 Å². The first-order chi connectivity index (χ1) is 11.2. The second-order valence-corrected chi connectivity index (χ2v) is 15.9. The molecule has 0 aromatic heterocycles. The Bertz CT molecular complexity index is 522. The maximum Gasteiger partial charge on any atom is 0.192 e. The Morgan fingerprint density at radius 2 is 1.80 bits per heavy atom. The van der Waals surface area contributed by atoms with E-state index in [2.05, 4.69) is 61.6 Å². The van der Waals surface area contributed by atoms with Crippen molar-refractivity contribution >= 4 is 8.32 Å². The normalized spacial score (nSPS) is 47.4. The van der Waals surface area contributed by atoms with Crippen molar-refractivity contribution in [1.82, 2.24) is 0 Å². The zero-order valence-corrected chi connectivity index (χ0v) is 18.8. The lowest BCUT2D eigenvalue weighted by Gasteiger charge is -2.46. The summed E-state index contributed by atoms with van der Waals surface area (Å²) in [6.45, 7) is 20.4. The second kappa shape index (κ2) is 5.80. The molecule has 1 aliphatic heterocycles. The van der Waals surface area contributed by atoms with Gasteiger partial charge >= 0.3 is 0 Å². The van der Waals surface area contributed by atoms with Gasteiger partial charge < -0.3 is 14.3 Å². The van der Waals surface area contributed by atoms with E-state index in [0.717, 1.165) is 12.8 Å². The molecule has 3 aliphatic rings. The number of fused-ring (bicyclic) bond motifs is 3. The predicted molar refractivity (Wildman–Crippen MR) is 105 cm³/mol. The summed E-state index contributed by atoms with van der Waals surface area (Å²) in [7, 11) is -1.96. The van der Waals surface area contributed by atoms with Gasteiger partial charge in [-0.2, -0.15) is 0 Å². The van der Waals surface area contributed by atoms with Crippen LogP contribution < -0.4 is 0 Å². The third kappa shape index (κ3) is 2.96. The maximum absolute atomic E-state index is 11.7. The molecule has 3 nitrogen and oxygen atoms in total. The number of hydrogen-bond acceptors (Lipinski definition) is 3. The minimum atomic E-state index is -1.96. The molecule has 0 bridgehead atoms. The van der Waals surface area contributed by atoms with Crippen molar-refractivity contribution in [3.63, 3.8) is 0 Å². The molecular formula is C21H40O3Si. The van der Waals surface area contributed by atoms with E-state index >= 15 is 0 Å². The molecule has 25 heavy (non-hydrogen) atoms. The van der Waals surface area contributed by atoms with Crippen LogP contribution in [-0.4, -0.2) is 36.8 Å². The van der Waals surface area contributed by atoms with E-state index in [0.29, 0.717) is 29.8 Å². The number of rotatable bonds is 3. The topological polar surface area (TPSA) is 42.0 Å². The van der Waals surface area contributed by atoms with Crippen LogP contribution in [0.2, 0.25) is 18.1 Å². The van der Waals surface area contributed by atoms with Crippen LogP contribution in [0.15, 0.2) is 0 Å². The maximum atomic E-state index is 11.7. The molecule has 2 aliphatic carbocycles. The van der Waals surface area contributed by atoms with Crippen molar-refractivity contribution < 1.29 is 14.3 Å². The first-order valence-corrected chi connectivity index (χ1v) is 13.2. The van der Waals surface area contributed by atoms with Crippen LogP contribution in [-0.2, 0) is 9.16 Å². The van der Waals surface area contributed by atoms with Crippen LogP contribution in [0.1, 0.15) is 67.7 Å². The fraction of sp³-hybridized carbons (Fsp3) is 1.00. The van der Waals surface area contributed by atoms with Gasteiger partial charge in [-0.05, 0) is 61.6 Å². The van der Waals surface area contributed by atoms with Crippen LogP contribution in [0, 0.1) is 23.7 Å². The van der Waals surface area contributed by atoms with Crippen molar-refractivity contribution in [3.05, 3.63) is 0 Å². The van der Waals surface area contributed by atoms with Crippen LogP contribution >= 0.6 is 0 Å². The minimum Gasteiger partial charge on any atom is -0.411 e.